The fraction of sp³-hybridized carbons (Fsp3) is 0.435. The Hall–Kier alpha value is -3.53. The summed E-state index contributed by atoms with van der Waals surface area (Å²) in [7, 11) is 0. The zero-order valence-electron chi connectivity index (χ0n) is 18.8. The molecule has 0 aliphatic carbocycles. The van der Waals surface area contributed by atoms with E-state index in [0.717, 1.165) is 40.8 Å². The predicted octanol–water partition coefficient (Wildman–Crippen LogP) is 2.63. The maximum absolute atomic E-state index is 12.8. The molecule has 10 heteroatoms. The van der Waals surface area contributed by atoms with Gasteiger partial charge >= 0.3 is 5.97 Å². The van der Waals surface area contributed by atoms with Gasteiger partial charge in [-0.15, -0.1) is 0 Å². The largest absolute Gasteiger partial charge is 0.477 e. The third-order valence-corrected chi connectivity index (χ3v) is 5.84. The number of aromatic carboxylic acids is 1. The number of hydrogen-bond donors (Lipinski definition) is 3. The smallest absolute Gasteiger partial charge is 0.354 e. The number of fused-ring (bicyclic) bond motifs is 1. The number of nitrogens with one attached hydrogen (secondary N) is 2. The molecule has 10 nitrogen and oxygen atoms in total. The molecule has 1 fully saturated rings. The Morgan fingerprint density at radius 2 is 2.06 bits per heavy atom. The van der Waals surface area contributed by atoms with Crippen molar-refractivity contribution in [3.8, 4) is 0 Å². The first-order valence-corrected chi connectivity index (χ1v) is 11.2. The van der Waals surface area contributed by atoms with Gasteiger partial charge in [0.1, 0.15) is 5.69 Å². The van der Waals surface area contributed by atoms with Gasteiger partial charge in [0.2, 0.25) is 0 Å². The highest BCUT2D eigenvalue weighted by Gasteiger charge is 2.22. The second kappa shape index (κ2) is 9.95. The van der Waals surface area contributed by atoms with E-state index >= 15 is 0 Å². The van der Waals surface area contributed by atoms with Crippen molar-refractivity contribution in [1.82, 2.24) is 25.1 Å². The molecule has 0 aromatic carbocycles. The highest BCUT2D eigenvalue weighted by Crippen LogP contribution is 2.31. The minimum atomic E-state index is -1.18. The molecule has 0 saturated carbocycles. The van der Waals surface area contributed by atoms with Crippen molar-refractivity contribution in [1.29, 1.82) is 0 Å². The van der Waals surface area contributed by atoms with E-state index in [1.54, 1.807) is 0 Å². The third kappa shape index (κ3) is 4.80. The minimum Gasteiger partial charge on any atom is -0.477 e. The fourth-order valence-corrected chi connectivity index (χ4v) is 4.06. The van der Waals surface area contributed by atoms with Crippen molar-refractivity contribution in [2.45, 2.75) is 52.2 Å². The number of carboxylic acids is 1. The SMILES string of the molecule is CCc1nc2c(cnn2CC)c(NC2CCOCC2)c1CNC(=O)c1ccnc(C(=O)O)c1. The lowest BCUT2D eigenvalue weighted by Crippen LogP contribution is -2.30. The lowest BCUT2D eigenvalue weighted by molar-refractivity contribution is 0.0690. The number of carbonyl (C=O) groups is 2. The van der Waals surface area contributed by atoms with Crippen LogP contribution in [0.1, 0.15) is 58.8 Å². The first-order valence-electron chi connectivity index (χ1n) is 11.2. The molecule has 33 heavy (non-hydrogen) atoms. The van der Waals surface area contributed by atoms with Crippen LogP contribution in [-0.4, -0.2) is 56.0 Å². The highest BCUT2D eigenvalue weighted by atomic mass is 16.5. The van der Waals surface area contributed by atoms with Crippen molar-refractivity contribution in [2.24, 2.45) is 0 Å². The van der Waals surface area contributed by atoms with Crippen LogP contribution in [0.3, 0.4) is 0 Å². The Labute approximate surface area is 191 Å². The van der Waals surface area contributed by atoms with E-state index in [2.05, 4.69) is 20.7 Å². The summed E-state index contributed by atoms with van der Waals surface area (Å²) < 4.78 is 7.37. The number of anilines is 1. The van der Waals surface area contributed by atoms with Crippen LogP contribution in [0.15, 0.2) is 24.5 Å². The first-order chi connectivity index (χ1) is 16.0. The number of nitrogens with zero attached hydrogens (tertiary/aromatic N) is 4. The third-order valence-electron chi connectivity index (χ3n) is 5.84. The number of pyridine rings is 2. The van der Waals surface area contributed by atoms with E-state index in [1.807, 2.05) is 24.7 Å². The molecule has 1 aliphatic rings. The van der Waals surface area contributed by atoms with Crippen LogP contribution in [0, 0.1) is 0 Å². The molecule has 0 bridgehead atoms. The van der Waals surface area contributed by atoms with Gasteiger partial charge in [-0.25, -0.2) is 19.4 Å². The number of hydrogen-bond acceptors (Lipinski definition) is 7. The number of rotatable bonds is 8. The van der Waals surface area contributed by atoms with Gasteiger partial charge in [0.05, 0.1) is 17.3 Å². The molecule has 3 aromatic heterocycles. The molecular formula is C23H28N6O4. The Bertz CT molecular complexity index is 1170. The number of aromatic nitrogens is 4. The van der Waals surface area contributed by atoms with E-state index in [1.165, 1.54) is 18.3 Å². The highest BCUT2D eigenvalue weighted by molar-refractivity contribution is 5.97. The molecule has 0 spiro atoms. The van der Waals surface area contributed by atoms with Crippen LogP contribution in [0.5, 0.6) is 0 Å². The summed E-state index contributed by atoms with van der Waals surface area (Å²) in [5, 5.41) is 21.2. The monoisotopic (exact) mass is 452 g/mol. The lowest BCUT2D eigenvalue weighted by atomic mass is 10.0. The van der Waals surface area contributed by atoms with Crippen LogP contribution in [0.4, 0.5) is 5.69 Å². The second-order valence-corrected chi connectivity index (χ2v) is 7.91. The Morgan fingerprint density at radius 1 is 1.27 bits per heavy atom. The molecule has 4 rings (SSSR count). The summed E-state index contributed by atoms with van der Waals surface area (Å²) >= 11 is 0. The summed E-state index contributed by atoms with van der Waals surface area (Å²) in [6, 6.07) is 3.02. The van der Waals surface area contributed by atoms with Crippen molar-refractivity contribution in [2.75, 3.05) is 18.5 Å². The van der Waals surface area contributed by atoms with E-state index in [4.69, 9.17) is 14.8 Å². The Kier molecular flexibility index (Phi) is 6.83. The molecule has 4 heterocycles. The maximum atomic E-state index is 12.8. The van der Waals surface area contributed by atoms with Gasteiger partial charge in [0.25, 0.3) is 5.91 Å². The molecule has 1 saturated heterocycles. The Balaban J connectivity index is 1.67. The molecule has 0 atom stereocenters. The van der Waals surface area contributed by atoms with Crippen LogP contribution < -0.4 is 10.6 Å². The topological polar surface area (TPSA) is 131 Å². The lowest BCUT2D eigenvalue weighted by Gasteiger charge is -2.26. The quantitative estimate of drug-likeness (QED) is 0.475. The molecule has 0 radical (unpaired) electrons. The van der Waals surface area contributed by atoms with E-state index in [9.17, 15) is 9.59 Å². The summed E-state index contributed by atoms with van der Waals surface area (Å²) in [6.45, 7) is 6.44. The summed E-state index contributed by atoms with van der Waals surface area (Å²) in [5.74, 6) is -1.55. The van der Waals surface area contributed by atoms with E-state index in [-0.39, 0.29) is 29.8 Å². The van der Waals surface area contributed by atoms with Crippen LogP contribution in [-0.2, 0) is 24.2 Å². The van der Waals surface area contributed by atoms with Gasteiger partial charge in [-0.1, -0.05) is 6.92 Å². The molecular weight excluding hydrogens is 424 g/mol. The molecule has 0 unspecified atom stereocenters. The number of carboxylic acid groups (broad SMARTS) is 1. The van der Waals surface area contributed by atoms with Crippen molar-refractivity contribution in [3.63, 3.8) is 0 Å². The number of carbonyl (C=O) groups excluding carboxylic acids is 1. The zero-order chi connectivity index (χ0) is 23.4. The number of amides is 1. The van der Waals surface area contributed by atoms with Crippen LogP contribution >= 0.6 is 0 Å². The average Bonchev–Trinajstić information content (AvgIpc) is 3.26. The number of aryl methyl sites for hydroxylation is 2. The standard InChI is InChI=1S/C23H28N6O4/c1-3-18-16(12-25-22(30)14-5-8-24-19(11-14)23(31)32)20(27-15-6-9-33-10-7-15)17-13-26-29(4-2)21(17)28-18/h5,8,11,13,15H,3-4,6-7,9-10,12H2,1-2H3,(H,25,30)(H,27,28)(H,31,32). The Morgan fingerprint density at radius 3 is 2.76 bits per heavy atom. The second-order valence-electron chi connectivity index (χ2n) is 7.91. The van der Waals surface area contributed by atoms with Gasteiger partial charge in [-0.05, 0) is 38.3 Å². The minimum absolute atomic E-state index is 0.172. The molecule has 3 N–H and O–H groups in total. The van der Waals surface area contributed by atoms with Gasteiger partial charge in [0.15, 0.2) is 5.65 Å². The average molecular weight is 453 g/mol. The summed E-state index contributed by atoms with van der Waals surface area (Å²) in [6.07, 6.45) is 5.62. The summed E-state index contributed by atoms with van der Waals surface area (Å²) in [5.41, 5.74) is 3.62. The van der Waals surface area contributed by atoms with Gasteiger partial charge in [0, 0.05) is 55.4 Å². The molecule has 174 valence electrons. The van der Waals surface area contributed by atoms with Crippen molar-refractivity contribution in [3.05, 3.63) is 47.0 Å². The normalized spacial score (nSPS) is 14.4. The first kappa shape index (κ1) is 22.7. The molecule has 1 aliphatic heterocycles. The van der Waals surface area contributed by atoms with Crippen molar-refractivity contribution < 1.29 is 19.4 Å². The van der Waals surface area contributed by atoms with Crippen molar-refractivity contribution >= 4 is 28.6 Å². The maximum Gasteiger partial charge on any atom is 0.354 e. The van der Waals surface area contributed by atoms with E-state index < -0.39 is 5.97 Å². The van der Waals surface area contributed by atoms with E-state index in [0.29, 0.717) is 26.2 Å². The summed E-state index contributed by atoms with van der Waals surface area (Å²) in [4.78, 5) is 32.6. The van der Waals surface area contributed by atoms with Gasteiger partial charge in [-0.2, -0.15) is 5.10 Å². The molecule has 3 aromatic rings. The van der Waals surface area contributed by atoms with Gasteiger partial charge in [-0.3, -0.25) is 4.79 Å². The zero-order valence-corrected chi connectivity index (χ0v) is 18.8. The van der Waals surface area contributed by atoms with Gasteiger partial charge < -0.3 is 20.5 Å². The van der Waals surface area contributed by atoms with Crippen LogP contribution in [0.2, 0.25) is 0 Å². The predicted molar refractivity (Wildman–Crippen MR) is 122 cm³/mol. The fourth-order valence-electron chi connectivity index (χ4n) is 4.06. The van der Waals surface area contributed by atoms with Crippen LogP contribution in [0.25, 0.3) is 11.0 Å². The number of ether oxygens (including phenoxy) is 1. The molecule has 1 amide bonds.